The van der Waals surface area contributed by atoms with Crippen LogP contribution in [0, 0.1) is 13.8 Å². The van der Waals surface area contributed by atoms with Gasteiger partial charge in [0.15, 0.2) is 5.78 Å². The molecule has 86 valence electrons. The molecule has 1 aliphatic carbocycles. The second kappa shape index (κ2) is 3.41. The van der Waals surface area contributed by atoms with E-state index < -0.39 is 6.10 Å². The predicted octanol–water partition coefficient (Wildman–Crippen LogP) is 3.34. The Morgan fingerprint density at radius 1 is 1.00 bits per heavy atom. The Kier molecular flexibility index (Phi) is 2.10. The van der Waals surface area contributed by atoms with E-state index in [9.17, 15) is 4.79 Å². The first-order valence-corrected chi connectivity index (χ1v) is 5.75. The zero-order chi connectivity index (χ0) is 12.2. The van der Waals surface area contributed by atoms with E-state index in [2.05, 4.69) is 19.9 Å². The molecule has 0 heterocycles. The van der Waals surface area contributed by atoms with Gasteiger partial charge < -0.3 is 4.74 Å². The molecule has 3 rings (SSSR count). The molecule has 1 atom stereocenters. The minimum absolute atomic E-state index is 0.0816. The minimum Gasteiger partial charge on any atom is -0.369 e. The fourth-order valence-electron chi connectivity index (χ4n) is 2.84. The van der Waals surface area contributed by atoms with Crippen LogP contribution in [0.2, 0.25) is 0 Å². The lowest BCUT2D eigenvalue weighted by Gasteiger charge is -2.09. The van der Waals surface area contributed by atoms with E-state index in [1.807, 2.05) is 18.2 Å². The number of carbonyl (C=O) groups excluding carboxylic acids is 1. The Labute approximate surface area is 100 Å². The molecule has 0 aliphatic heterocycles. The maximum absolute atomic E-state index is 12.2. The van der Waals surface area contributed by atoms with Crippen LogP contribution in [0.15, 0.2) is 24.3 Å². The van der Waals surface area contributed by atoms with Crippen molar-refractivity contribution < 1.29 is 9.53 Å². The molecule has 2 aromatic carbocycles. The first-order valence-electron chi connectivity index (χ1n) is 5.75. The number of benzene rings is 2. The van der Waals surface area contributed by atoms with Crippen molar-refractivity contribution in [2.45, 2.75) is 20.0 Å². The van der Waals surface area contributed by atoms with Crippen LogP contribution in [0.25, 0.3) is 10.8 Å². The van der Waals surface area contributed by atoms with E-state index in [-0.39, 0.29) is 5.78 Å². The molecule has 2 aromatic rings. The van der Waals surface area contributed by atoms with E-state index in [4.69, 9.17) is 4.74 Å². The topological polar surface area (TPSA) is 26.3 Å². The molecule has 0 fully saturated rings. The molecule has 0 amide bonds. The van der Waals surface area contributed by atoms with Gasteiger partial charge in [0.25, 0.3) is 0 Å². The molecule has 0 radical (unpaired) electrons. The Bertz CT molecular complexity index is 633. The molecule has 0 saturated heterocycles. The predicted molar refractivity (Wildman–Crippen MR) is 67.5 cm³/mol. The van der Waals surface area contributed by atoms with Crippen molar-refractivity contribution in [3.05, 3.63) is 46.5 Å². The number of Topliss-reactive ketones (excluding diaryl/α,β-unsaturated/α-hetero) is 1. The van der Waals surface area contributed by atoms with Crippen LogP contribution < -0.4 is 0 Å². The van der Waals surface area contributed by atoms with Crippen LogP contribution in [-0.2, 0) is 4.74 Å². The quantitative estimate of drug-likeness (QED) is 0.745. The third kappa shape index (κ3) is 1.22. The number of hydrogen-bond donors (Lipinski definition) is 0. The highest BCUT2D eigenvalue weighted by atomic mass is 16.5. The highest BCUT2D eigenvalue weighted by Gasteiger charge is 2.33. The standard InChI is InChI=1S/C15H14O2/c1-8-4-6-10-13-11(15(17-3)14(10)16)7-5-9(2)12(8)13/h4-7,15H,1-3H3. The monoisotopic (exact) mass is 226 g/mol. The summed E-state index contributed by atoms with van der Waals surface area (Å²) in [4.78, 5) is 12.2. The van der Waals surface area contributed by atoms with Crippen molar-refractivity contribution in [1.82, 2.24) is 0 Å². The molecule has 0 saturated carbocycles. The van der Waals surface area contributed by atoms with Gasteiger partial charge in [-0.15, -0.1) is 0 Å². The number of carbonyl (C=O) groups is 1. The lowest BCUT2D eigenvalue weighted by Crippen LogP contribution is -2.07. The number of ether oxygens (including phenoxy) is 1. The van der Waals surface area contributed by atoms with Crippen LogP contribution in [0.3, 0.4) is 0 Å². The molecule has 2 heteroatoms. The van der Waals surface area contributed by atoms with Crippen molar-refractivity contribution in [2.75, 3.05) is 7.11 Å². The van der Waals surface area contributed by atoms with E-state index in [0.717, 1.165) is 16.5 Å². The molecule has 1 aliphatic rings. The third-order valence-electron chi connectivity index (χ3n) is 3.63. The fourth-order valence-corrected chi connectivity index (χ4v) is 2.84. The Hall–Kier alpha value is -1.67. The number of aryl methyl sites for hydroxylation is 2. The zero-order valence-electron chi connectivity index (χ0n) is 10.2. The molecule has 0 N–H and O–H groups in total. The lowest BCUT2D eigenvalue weighted by atomic mass is 9.97. The van der Waals surface area contributed by atoms with Gasteiger partial charge in [-0.1, -0.05) is 24.3 Å². The Morgan fingerprint density at radius 3 is 2.29 bits per heavy atom. The van der Waals surface area contributed by atoms with Crippen LogP contribution in [-0.4, -0.2) is 12.9 Å². The summed E-state index contributed by atoms with van der Waals surface area (Å²) in [6.45, 7) is 4.17. The van der Waals surface area contributed by atoms with Gasteiger partial charge in [-0.2, -0.15) is 0 Å². The molecular formula is C15H14O2. The fraction of sp³-hybridized carbons (Fsp3) is 0.267. The number of hydrogen-bond acceptors (Lipinski definition) is 2. The van der Waals surface area contributed by atoms with Gasteiger partial charge in [0, 0.05) is 12.7 Å². The molecule has 1 unspecified atom stereocenters. The van der Waals surface area contributed by atoms with Crippen molar-refractivity contribution in [2.24, 2.45) is 0 Å². The van der Waals surface area contributed by atoms with Gasteiger partial charge in [-0.3, -0.25) is 4.79 Å². The lowest BCUT2D eigenvalue weighted by molar-refractivity contribution is 0.0628. The summed E-state index contributed by atoms with van der Waals surface area (Å²) in [6, 6.07) is 8.02. The van der Waals surface area contributed by atoms with Crippen LogP contribution in [0.5, 0.6) is 0 Å². The Balaban J connectivity index is 2.51. The van der Waals surface area contributed by atoms with Crippen LogP contribution >= 0.6 is 0 Å². The van der Waals surface area contributed by atoms with Crippen LogP contribution in [0.1, 0.15) is 33.2 Å². The first-order chi connectivity index (χ1) is 8.15. The minimum atomic E-state index is -0.421. The van der Waals surface area contributed by atoms with Crippen molar-refractivity contribution in [1.29, 1.82) is 0 Å². The smallest absolute Gasteiger partial charge is 0.196 e. The van der Waals surface area contributed by atoms with Gasteiger partial charge >= 0.3 is 0 Å². The maximum atomic E-state index is 12.2. The average molecular weight is 226 g/mol. The first kappa shape index (κ1) is 10.5. The van der Waals surface area contributed by atoms with Gasteiger partial charge in [0.05, 0.1) is 0 Å². The van der Waals surface area contributed by atoms with Crippen molar-refractivity contribution in [3.63, 3.8) is 0 Å². The van der Waals surface area contributed by atoms with E-state index in [0.29, 0.717) is 0 Å². The molecule has 17 heavy (non-hydrogen) atoms. The van der Waals surface area contributed by atoms with E-state index >= 15 is 0 Å². The summed E-state index contributed by atoms with van der Waals surface area (Å²) in [5, 5.41) is 2.29. The Morgan fingerprint density at radius 2 is 1.65 bits per heavy atom. The molecule has 0 aromatic heterocycles. The largest absolute Gasteiger partial charge is 0.369 e. The summed E-state index contributed by atoms with van der Waals surface area (Å²) in [5.74, 6) is 0.0816. The summed E-state index contributed by atoms with van der Waals surface area (Å²) in [7, 11) is 1.59. The highest BCUT2D eigenvalue weighted by Crippen LogP contribution is 2.40. The van der Waals surface area contributed by atoms with Crippen LogP contribution in [0.4, 0.5) is 0 Å². The number of rotatable bonds is 1. The van der Waals surface area contributed by atoms with Gasteiger partial charge in [0.2, 0.25) is 0 Å². The summed E-state index contributed by atoms with van der Waals surface area (Å²) < 4.78 is 5.33. The average Bonchev–Trinajstić information content (AvgIpc) is 2.59. The summed E-state index contributed by atoms with van der Waals surface area (Å²) in [6.07, 6.45) is -0.421. The van der Waals surface area contributed by atoms with Gasteiger partial charge in [0.1, 0.15) is 6.10 Å². The van der Waals surface area contributed by atoms with Gasteiger partial charge in [-0.05, 0) is 41.3 Å². The van der Waals surface area contributed by atoms with E-state index in [1.165, 1.54) is 16.5 Å². The SMILES string of the molecule is COC1C(=O)c2ccc(C)c3c(C)ccc1c23. The zero-order valence-corrected chi connectivity index (χ0v) is 10.2. The molecule has 2 nitrogen and oxygen atoms in total. The second-order valence-corrected chi connectivity index (χ2v) is 4.63. The highest BCUT2D eigenvalue weighted by molar-refractivity contribution is 6.18. The van der Waals surface area contributed by atoms with Gasteiger partial charge in [-0.25, -0.2) is 0 Å². The normalized spacial score (nSPS) is 18.1. The number of methoxy groups -OCH3 is 1. The number of ketones is 1. The molecular weight excluding hydrogens is 212 g/mol. The summed E-state index contributed by atoms with van der Waals surface area (Å²) in [5.41, 5.74) is 4.24. The maximum Gasteiger partial charge on any atom is 0.196 e. The van der Waals surface area contributed by atoms with Crippen molar-refractivity contribution >= 4 is 16.6 Å². The summed E-state index contributed by atoms with van der Waals surface area (Å²) >= 11 is 0. The van der Waals surface area contributed by atoms with E-state index in [1.54, 1.807) is 7.11 Å². The second-order valence-electron chi connectivity index (χ2n) is 4.63. The third-order valence-corrected chi connectivity index (χ3v) is 3.63. The molecule has 0 spiro atoms. The molecule has 0 bridgehead atoms. The van der Waals surface area contributed by atoms with Crippen molar-refractivity contribution in [3.8, 4) is 0 Å².